The second-order valence-electron chi connectivity index (χ2n) is 5.57. The van der Waals surface area contributed by atoms with Crippen molar-refractivity contribution in [3.8, 4) is 5.75 Å². The van der Waals surface area contributed by atoms with Gasteiger partial charge < -0.3 is 15.8 Å². The Balaban J connectivity index is 2.08. The standard InChI is InChI=1S/C15H25N3O/c1-11(2)19-14-9-6-10-17-15(14)18-13-8-5-3-4-7-12(13)16/h6,9-13H,3-5,7-8,16H2,1-2H3,(H,17,18). The molecule has 1 saturated carbocycles. The van der Waals surface area contributed by atoms with Crippen molar-refractivity contribution in [2.24, 2.45) is 5.73 Å². The normalized spacial score (nSPS) is 24.0. The summed E-state index contributed by atoms with van der Waals surface area (Å²) in [5, 5.41) is 3.48. The fourth-order valence-corrected chi connectivity index (χ4v) is 2.54. The van der Waals surface area contributed by atoms with Gasteiger partial charge in [0.1, 0.15) is 0 Å². The average molecular weight is 263 g/mol. The van der Waals surface area contributed by atoms with E-state index in [-0.39, 0.29) is 12.1 Å². The molecule has 3 N–H and O–H groups in total. The first-order chi connectivity index (χ1) is 9.16. The molecule has 0 saturated heterocycles. The van der Waals surface area contributed by atoms with Crippen LogP contribution in [0.2, 0.25) is 0 Å². The van der Waals surface area contributed by atoms with E-state index in [2.05, 4.69) is 10.3 Å². The predicted molar refractivity (Wildman–Crippen MR) is 78.5 cm³/mol. The van der Waals surface area contributed by atoms with Crippen LogP contribution in [0.5, 0.6) is 5.75 Å². The molecule has 1 aromatic rings. The van der Waals surface area contributed by atoms with Crippen molar-refractivity contribution in [3.05, 3.63) is 18.3 Å². The lowest BCUT2D eigenvalue weighted by Crippen LogP contribution is -2.39. The number of ether oxygens (including phenoxy) is 1. The van der Waals surface area contributed by atoms with E-state index in [0.29, 0.717) is 6.04 Å². The fraction of sp³-hybridized carbons (Fsp3) is 0.667. The van der Waals surface area contributed by atoms with Gasteiger partial charge in [0.2, 0.25) is 0 Å². The third-order valence-corrected chi connectivity index (χ3v) is 3.52. The summed E-state index contributed by atoms with van der Waals surface area (Å²) in [4.78, 5) is 4.40. The Morgan fingerprint density at radius 2 is 2.11 bits per heavy atom. The van der Waals surface area contributed by atoms with E-state index in [1.165, 1.54) is 19.3 Å². The van der Waals surface area contributed by atoms with Crippen molar-refractivity contribution in [1.29, 1.82) is 0 Å². The minimum absolute atomic E-state index is 0.146. The zero-order valence-corrected chi connectivity index (χ0v) is 11.9. The lowest BCUT2D eigenvalue weighted by molar-refractivity contribution is 0.242. The van der Waals surface area contributed by atoms with Crippen LogP contribution in [-0.2, 0) is 0 Å². The lowest BCUT2D eigenvalue weighted by Gasteiger charge is -2.24. The Labute approximate surface area is 115 Å². The van der Waals surface area contributed by atoms with Crippen LogP contribution in [0.15, 0.2) is 18.3 Å². The highest BCUT2D eigenvalue weighted by Gasteiger charge is 2.21. The van der Waals surface area contributed by atoms with Gasteiger partial charge in [-0.1, -0.05) is 19.3 Å². The highest BCUT2D eigenvalue weighted by molar-refractivity contribution is 5.50. The number of nitrogens with two attached hydrogens (primary N) is 1. The Kier molecular flexibility index (Phi) is 5.02. The van der Waals surface area contributed by atoms with Gasteiger partial charge in [-0.05, 0) is 38.8 Å². The van der Waals surface area contributed by atoms with Crippen LogP contribution < -0.4 is 15.8 Å². The molecule has 2 atom stereocenters. The molecule has 0 bridgehead atoms. The molecule has 2 rings (SSSR count). The minimum Gasteiger partial charge on any atom is -0.487 e. The summed E-state index contributed by atoms with van der Waals surface area (Å²) in [6, 6.07) is 4.36. The number of pyridine rings is 1. The van der Waals surface area contributed by atoms with Crippen LogP contribution in [0.4, 0.5) is 5.82 Å². The van der Waals surface area contributed by atoms with Crippen molar-refractivity contribution in [2.75, 3.05) is 5.32 Å². The maximum atomic E-state index is 6.25. The van der Waals surface area contributed by atoms with Crippen molar-refractivity contribution in [3.63, 3.8) is 0 Å². The monoisotopic (exact) mass is 263 g/mol. The smallest absolute Gasteiger partial charge is 0.169 e. The first-order valence-corrected chi connectivity index (χ1v) is 7.30. The van der Waals surface area contributed by atoms with Gasteiger partial charge in [-0.2, -0.15) is 0 Å². The summed E-state index contributed by atoms with van der Waals surface area (Å²) >= 11 is 0. The second kappa shape index (κ2) is 6.75. The zero-order valence-electron chi connectivity index (χ0n) is 11.9. The maximum absolute atomic E-state index is 6.25. The van der Waals surface area contributed by atoms with Gasteiger partial charge >= 0.3 is 0 Å². The molecule has 0 aliphatic heterocycles. The van der Waals surface area contributed by atoms with Gasteiger partial charge in [0.15, 0.2) is 11.6 Å². The van der Waals surface area contributed by atoms with Gasteiger partial charge in [0.05, 0.1) is 6.10 Å². The number of hydrogen-bond acceptors (Lipinski definition) is 4. The van der Waals surface area contributed by atoms with Crippen molar-refractivity contribution in [1.82, 2.24) is 4.98 Å². The summed E-state index contributed by atoms with van der Waals surface area (Å²) in [6.45, 7) is 4.04. The van der Waals surface area contributed by atoms with E-state index in [1.54, 1.807) is 6.20 Å². The summed E-state index contributed by atoms with van der Waals surface area (Å²) in [7, 11) is 0. The van der Waals surface area contributed by atoms with E-state index >= 15 is 0 Å². The summed E-state index contributed by atoms with van der Waals surface area (Å²) in [5.74, 6) is 1.63. The fourth-order valence-electron chi connectivity index (χ4n) is 2.54. The molecular weight excluding hydrogens is 238 g/mol. The van der Waals surface area contributed by atoms with E-state index in [4.69, 9.17) is 10.5 Å². The van der Waals surface area contributed by atoms with E-state index in [1.807, 2.05) is 26.0 Å². The Bertz CT molecular complexity index is 395. The van der Waals surface area contributed by atoms with Crippen LogP contribution >= 0.6 is 0 Å². The quantitative estimate of drug-likeness (QED) is 0.820. The van der Waals surface area contributed by atoms with Crippen molar-refractivity contribution in [2.45, 2.75) is 64.1 Å². The molecule has 1 aliphatic rings. The average Bonchev–Trinajstić information content (AvgIpc) is 2.57. The Morgan fingerprint density at radius 1 is 1.32 bits per heavy atom. The topological polar surface area (TPSA) is 60.2 Å². The number of nitrogens with zero attached hydrogens (tertiary/aromatic N) is 1. The molecule has 4 heteroatoms. The Hall–Kier alpha value is -1.29. The molecule has 1 aliphatic carbocycles. The Morgan fingerprint density at radius 3 is 2.89 bits per heavy atom. The van der Waals surface area contributed by atoms with Crippen LogP contribution in [0, 0.1) is 0 Å². The molecule has 0 amide bonds. The second-order valence-corrected chi connectivity index (χ2v) is 5.57. The van der Waals surface area contributed by atoms with E-state index in [0.717, 1.165) is 24.4 Å². The lowest BCUT2D eigenvalue weighted by atomic mass is 10.0. The molecule has 1 aromatic heterocycles. The largest absolute Gasteiger partial charge is 0.487 e. The number of hydrogen-bond donors (Lipinski definition) is 2. The SMILES string of the molecule is CC(C)Oc1cccnc1NC1CCCCCC1N. The molecule has 4 nitrogen and oxygen atoms in total. The third kappa shape index (κ3) is 4.10. The first kappa shape index (κ1) is 14.1. The molecule has 0 spiro atoms. The molecular formula is C15H25N3O. The van der Waals surface area contributed by atoms with Gasteiger partial charge in [0.25, 0.3) is 0 Å². The molecule has 19 heavy (non-hydrogen) atoms. The van der Waals surface area contributed by atoms with Crippen LogP contribution in [0.1, 0.15) is 46.0 Å². The van der Waals surface area contributed by atoms with Gasteiger partial charge in [-0.25, -0.2) is 4.98 Å². The van der Waals surface area contributed by atoms with Crippen LogP contribution in [-0.4, -0.2) is 23.2 Å². The molecule has 0 radical (unpaired) electrons. The number of anilines is 1. The molecule has 2 unspecified atom stereocenters. The van der Waals surface area contributed by atoms with Crippen LogP contribution in [0.3, 0.4) is 0 Å². The highest BCUT2D eigenvalue weighted by atomic mass is 16.5. The van der Waals surface area contributed by atoms with Gasteiger partial charge in [-0.15, -0.1) is 0 Å². The van der Waals surface area contributed by atoms with Gasteiger partial charge in [-0.3, -0.25) is 0 Å². The summed E-state index contributed by atoms with van der Waals surface area (Å²) in [5.41, 5.74) is 6.25. The van der Waals surface area contributed by atoms with Crippen molar-refractivity contribution >= 4 is 5.82 Å². The zero-order chi connectivity index (χ0) is 13.7. The first-order valence-electron chi connectivity index (χ1n) is 7.30. The molecule has 0 aromatic carbocycles. The molecule has 106 valence electrons. The maximum Gasteiger partial charge on any atom is 0.169 e. The number of aromatic nitrogens is 1. The van der Waals surface area contributed by atoms with E-state index in [9.17, 15) is 0 Å². The van der Waals surface area contributed by atoms with Crippen molar-refractivity contribution < 1.29 is 4.74 Å². The summed E-state index contributed by atoms with van der Waals surface area (Å²) in [6.07, 6.45) is 7.88. The number of rotatable bonds is 4. The third-order valence-electron chi connectivity index (χ3n) is 3.52. The molecule has 1 fully saturated rings. The minimum atomic E-state index is 0.146. The summed E-state index contributed by atoms with van der Waals surface area (Å²) < 4.78 is 5.79. The van der Waals surface area contributed by atoms with Crippen LogP contribution in [0.25, 0.3) is 0 Å². The van der Waals surface area contributed by atoms with E-state index < -0.39 is 0 Å². The highest BCUT2D eigenvalue weighted by Crippen LogP contribution is 2.26. The number of nitrogens with one attached hydrogen (secondary N) is 1. The molecule has 1 heterocycles. The van der Waals surface area contributed by atoms with Gasteiger partial charge in [0, 0.05) is 18.3 Å². The predicted octanol–water partition coefficient (Wildman–Crippen LogP) is 2.94.